The number of ether oxygens (including phenoxy) is 2. The minimum atomic E-state index is -0.450. The smallest absolute Gasteiger partial charge is 0.355 e. The molecule has 0 aliphatic heterocycles. The lowest BCUT2D eigenvalue weighted by Gasteiger charge is -2.18. The first-order valence-corrected chi connectivity index (χ1v) is 9.08. The van der Waals surface area contributed by atoms with Crippen LogP contribution in [0, 0.1) is 0 Å². The molecule has 5 heteroatoms. The highest BCUT2D eigenvalue weighted by molar-refractivity contribution is 7.21. The first kappa shape index (κ1) is 17.8. The van der Waals surface area contributed by atoms with E-state index < -0.39 is 5.97 Å². The van der Waals surface area contributed by atoms with Crippen LogP contribution in [-0.4, -0.2) is 13.1 Å². The maximum absolute atomic E-state index is 12.5. The van der Waals surface area contributed by atoms with Gasteiger partial charge in [-0.1, -0.05) is 44.5 Å². The van der Waals surface area contributed by atoms with Crippen molar-refractivity contribution in [2.45, 2.75) is 26.2 Å². The van der Waals surface area contributed by atoms with Gasteiger partial charge in [0.15, 0.2) is 0 Å². The van der Waals surface area contributed by atoms with E-state index in [1.165, 1.54) is 16.9 Å². The van der Waals surface area contributed by atoms with Crippen LogP contribution in [0.1, 0.15) is 36.0 Å². The third-order valence-corrected chi connectivity index (χ3v) is 5.61. The first-order valence-electron chi connectivity index (χ1n) is 7.88. The summed E-state index contributed by atoms with van der Waals surface area (Å²) in [7, 11) is 1.60. The molecule has 0 aliphatic rings. The number of hydrogen-bond donors (Lipinski definition) is 0. The van der Waals surface area contributed by atoms with E-state index in [0.29, 0.717) is 21.4 Å². The molecule has 0 N–H and O–H groups in total. The van der Waals surface area contributed by atoms with Crippen LogP contribution in [0.2, 0.25) is 5.02 Å². The Balaban J connectivity index is 1.86. The van der Waals surface area contributed by atoms with Gasteiger partial charge in [0.25, 0.3) is 0 Å². The monoisotopic (exact) mass is 374 g/mol. The second-order valence-corrected chi connectivity index (χ2v) is 8.20. The fraction of sp³-hybridized carbons (Fsp3) is 0.250. The highest BCUT2D eigenvalue weighted by Gasteiger charge is 2.20. The molecule has 0 unspecified atom stereocenters. The Morgan fingerprint density at radius 2 is 1.68 bits per heavy atom. The molecule has 0 bridgehead atoms. The molecular weight excluding hydrogens is 356 g/mol. The molecule has 0 saturated heterocycles. The molecular formula is C20H19ClO3S. The highest BCUT2D eigenvalue weighted by Crippen LogP contribution is 2.38. The van der Waals surface area contributed by atoms with E-state index in [1.54, 1.807) is 7.11 Å². The standard InChI is InChI=1S/C20H19ClO3S/c1-20(2,3)12-5-7-13(8-6-12)24-19(22)18-17(21)15-11-14(23-4)9-10-16(15)25-18/h5-11H,1-4H3. The first-order chi connectivity index (χ1) is 11.8. The number of rotatable bonds is 3. The Labute approximate surface area is 156 Å². The van der Waals surface area contributed by atoms with E-state index in [2.05, 4.69) is 20.8 Å². The van der Waals surface area contributed by atoms with Crippen molar-refractivity contribution in [1.29, 1.82) is 0 Å². The predicted octanol–water partition coefficient (Wildman–Crippen LogP) is 6.08. The number of thiophene rings is 1. The summed E-state index contributed by atoms with van der Waals surface area (Å²) >= 11 is 7.70. The molecule has 1 aromatic heterocycles. The van der Waals surface area contributed by atoms with Gasteiger partial charge in [0, 0.05) is 10.1 Å². The summed E-state index contributed by atoms with van der Waals surface area (Å²) in [5, 5.41) is 1.19. The van der Waals surface area contributed by atoms with Crippen LogP contribution < -0.4 is 9.47 Å². The zero-order chi connectivity index (χ0) is 18.2. The zero-order valence-electron chi connectivity index (χ0n) is 14.6. The topological polar surface area (TPSA) is 35.5 Å². The van der Waals surface area contributed by atoms with Crippen molar-refractivity contribution in [3.63, 3.8) is 0 Å². The van der Waals surface area contributed by atoms with Gasteiger partial charge in [-0.2, -0.15) is 0 Å². The molecule has 0 saturated carbocycles. The van der Waals surface area contributed by atoms with Gasteiger partial charge in [-0.25, -0.2) is 4.79 Å². The SMILES string of the molecule is COc1ccc2sc(C(=O)Oc3ccc(C(C)(C)C)cc3)c(Cl)c2c1. The summed E-state index contributed by atoms with van der Waals surface area (Å²) in [4.78, 5) is 12.9. The number of carbonyl (C=O) groups excluding carboxylic acids is 1. The van der Waals surface area contributed by atoms with E-state index in [0.717, 1.165) is 10.1 Å². The molecule has 0 spiro atoms. The lowest BCUT2D eigenvalue weighted by molar-refractivity contribution is 0.0740. The van der Waals surface area contributed by atoms with Crippen LogP contribution in [0.5, 0.6) is 11.5 Å². The molecule has 0 fully saturated rings. The third-order valence-electron chi connectivity index (χ3n) is 3.95. The molecule has 25 heavy (non-hydrogen) atoms. The normalized spacial score (nSPS) is 11.6. The highest BCUT2D eigenvalue weighted by atomic mass is 35.5. The number of carbonyl (C=O) groups is 1. The van der Waals surface area contributed by atoms with Gasteiger partial charge < -0.3 is 9.47 Å². The molecule has 0 atom stereocenters. The summed E-state index contributed by atoms with van der Waals surface area (Å²) in [6.07, 6.45) is 0. The maximum Gasteiger partial charge on any atom is 0.355 e. The van der Waals surface area contributed by atoms with Gasteiger partial charge in [-0.15, -0.1) is 11.3 Å². The van der Waals surface area contributed by atoms with Crippen molar-refractivity contribution in [2.75, 3.05) is 7.11 Å². The van der Waals surface area contributed by atoms with E-state index in [4.69, 9.17) is 21.1 Å². The average molecular weight is 375 g/mol. The number of esters is 1. The van der Waals surface area contributed by atoms with Crippen LogP contribution in [0.4, 0.5) is 0 Å². The van der Waals surface area contributed by atoms with Crippen LogP contribution in [-0.2, 0) is 5.41 Å². The van der Waals surface area contributed by atoms with Gasteiger partial charge in [0.2, 0.25) is 0 Å². The van der Waals surface area contributed by atoms with Crippen molar-refractivity contribution in [3.05, 3.63) is 57.9 Å². The van der Waals surface area contributed by atoms with Crippen molar-refractivity contribution in [1.82, 2.24) is 0 Å². The molecule has 2 aromatic carbocycles. The lowest BCUT2D eigenvalue weighted by Crippen LogP contribution is -2.11. The molecule has 0 amide bonds. The minimum Gasteiger partial charge on any atom is -0.497 e. The second kappa shape index (κ2) is 6.70. The molecule has 1 heterocycles. The Morgan fingerprint density at radius 1 is 1.04 bits per heavy atom. The Bertz CT molecular complexity index is 921. The molecule has 3 nitrogen and oxygen atoms in total. The number of fused-ring (bicyclic) bond motifs is 1. The Morgan fingerprint density at radius 3 is 2.28 bits per heavy atom. The van der Waals surface area contributed by atoms with Gasteiger partial charge in [-0.3, -0.25) is 0 Å². The summed E-state index contributed by atoms with van der Waals surface area (Å²) in [5.41, 5.74) is 1.23. The molecule has 0 aliphatic carbocycles. The summed E-state index contributed by atoms with van der Waals surface area (Å²) in [6.45, 7) is 6.41. The third kappa shape index (κ3) is 3.65. The van der Waals surface area contributed by atoms with Gasteiger partial charge in [0.05, 0.1) is 12.1 Å². The van der Waals surface area contributed by atoms with Crippen LogP contribution in [0.15, 0.2) is 42.5 Å². The number of benzene rings is 2. The number of hydrogen-bond acceptors (Lipinski definition) is 4. The van der Waals surface area contributed by atoms with Crippen LogP contribution >= 0.6 is 22.9 Å². The molecule has 0 radical (unpaired) electrons. The van der Waals surface area contributed by atoms with Crippen LogP contribution in [0.25, 0.3) is 10.1 Å². The van der Waals surface area contributed by atoms with Gasteiger partial charge >= 0.3 is 5.97 Å². The van der Waals surface area contributed by atoms with Gasteiger partial charge in [-0.05, 0) is 41.3 Å². The quantitative estimate of drug-likeness (QED) is 0.411. The average Bonchev–Trinajstić information content (AvgIpc) is 2.91. The summed E-state index contributed by atoms with van der Waals surface area (Å²) in [5.74, 6) is 0.752. The maximum atomic E-state index is 12.5. The predicted molar refractivity (Wildman–Crippen MR) is 103 cm³/mol. The number of halogens is 1. The van der Waals surface area contributed by atoms with E-state index in [9.17, 15) is 4.79 Å². The molecule has 3 rings (SSSR count). The van der Waals surface area contributed by atoms with Crippen molar-refractivity contribution < 1.29 is 14.3 Å². The summed E-state index contributed by atoms with van der Waals surface area (Å²) in [6, 6.07) is 13.1. The Hall–Kier alpha value is -2.04. The van der Waals surface area contributed by atoms with Gasteiger partial charge in [0.1, 0.15) is 16.4 Å². The van der Waals surface area contributed by atoms with E-state index >= 15 is 0 Å². The lowest BCUT2D eigenvalue weighted by atomic mass is 9.87. The van der Waals surface area contributed by atoms with Crippen molar-refractivity contribution >= 4 is 39.0 Å². The van der Waals surface area contributed by atoms with Crippen molar-refractivity contribution in [2.24, 2.45) is 0 Å². The fourth-order valence-corrected chi connectivity index (χ4v) is 3.84. The minimum absolute atomic E-state index is 0.0520. The fourth-order valence-electron chi connectivity index (χ4n) is 2.48. The Kier molecular flexibility index (Phi) is 4.76. The molecule has 130 valence electrons. The largest absolute Gasteiger partial charge is 0.497 e. The molecule has 3 aromatic rings. The second-order valence-electron chi connectivity index (χ2n) is 6.77. The van der Waals surface area contributed by atoms with Crippen molar-refractivity contribution in [3.8, 4) is 11.5 Å². The summed E-state index contributed by atoms with van der Waals surface area (Å²) < 4.78 is 11.6. The van der Waals surface area contributed by atoms with E-state index in [1.807, 2.05) is 42.5 Å². The van der Waals surface area contributed by atoms with Crippen LogP contribution in [0.3, 0.4) is 0 Å². The van der Waals surface area contributed by atoms with E-state index in [-0.39, 0.29) is 5.41 Å². The number of methoxy groups -OCH3 is 1. The zero-order valence-corrected chi connectivity index (χ0v) is 16.1.